The number of nitrogens with one attached hydrogen (secondary N) is 1. The standard InChI is InChI=1S/C21H24F2N5O2P/c1-4-7-30-12(3)17-11(2)27-18(19(24)28-17)20(29)26-10-16-15(13-5-6-13)8-14(9-25-16)21(22,23)31/h4,7-9,13H,3,5-6,10,31H2,1-2H3,(H2,24,28)(H,26,29)/b7-4-. The van der Waals surface area contributed by atoms with E-state index in [1.54, 1.807) is 19.9 Å². The Balaban J connectivity index is 1.77. The molecule has 2 aromatic rings. The number of carbonyl (C=O) groups excluding carboxylic acids is 1. The molecule has 0 radical (unpaired) electrons. The lowest BCUT2D eigenvalue weighted by atomic mass is 10.1. The van der Waals surface area contributed by atoms with Crippen molar-refractivity contribution in [2.24, 2.45) is 0 Å². The highest BCUT2D eigenvalue weighted by Crippen LogP contribution is 2.44. The van der Waals surface area contributed by atoms with Crippen molar-refractivity contribution in [1.82, 2.24) is 20.3 Å². The molecule has 0 aliphatic heterocycles. The summed E-state index contributed by atoms with van der Waals surface area (Å²) in [7, 11) is 1.52. The van der Waals surface area contributed by atoms with Gasteiger partial charge in [-0.05, 0) is 44.2 Å². The lowest BCUT2D eigenvalue weighted by Gasteiger charge is -2.15. The third-order valence-corrected chi connectivity index (χ3v) is 5.08. The second-order valence-corrected chi connectivity index (χ2v) is 7.97. The molecule has 1 amide bonds. The van der Waals surface area contributed by atoms with Crippen LogP contribution in [0.3, 0.4) is 0 Å². The maximum absolute atomic E-state index is 13.6. The highest BCUT2D eigenvalue weighted by molar-refractivity contribution is 7.17. The van der Waals surface area contributed by atoms with E-state index in [0.29, 0.717) is 17.1 Å². The van der Waals surface area contributed by atoms with Gasteiger partial charge in [0.2, 0.25) is 0 Å². The van der Waals surface area contributed by atoms with Gasteiger partial charge in [0.05, 0.1) is 24.2 Å². The number of rotatable bonds is 8. The summed E-state index contributed by atoms with van der Waals surface area (Å²) in [5.41, 5.74) is 4.71. The number of halogens is 2. The molecule has 164 valence electrons. The Bertz CT molecular complexity index is 1050. The molecule has 0 bridgehead atoms. The number of nitrogen functional groups attached to an aromatic ring is 1. The number of carbonyl (C=O) groups is 1. The van der Waals surface area contributed by atoms with Gasteiger partial charge >= 0.3 is 0 Å². The first-order valence-electron chi connectivity index (χ1n) is 9.67. The minimum absolute atomic E-state index is 0.0406. The van der Waals surface area contributed by atoms with E-state index in [-0.39, 0.29) is 35.3 Å². The van der Waals surface area contributed by atoms with Crippen molar-refractivity contribution >= 4 is 26.7 Å². The number of amides is 1. The Hall–Kier alpha value is -2.93. The van der Waals surface area contributed by atoms with E-state index >= 15 is 0 Å². The highest BCUT2D eigenvalue weighted by atomic mass is 31.0. The Morgan fingerprint density at radius 2 is 2.13 bits per heavy atom. The first kappa shape index (κ1) is 22.7. The Kier molecular flexibility index (Phi) is 6.65. The highest BCUT2D eigenvalue weighted by Gasteiger charge is 2.31. The van der Waals surface area contributed by atoms with Gasteiger partial charge in [0.25, 0.3) is 11.6 Å². The number of ether oxygens (including phenoxy) is 1. The molecule has 7 nitrogen and oxygen atoms in total. The third-order valence-electron chi connectivity index (χ3n) is 4.74. The van der Waals surface area contributed by atoms with Crippen LogP contribution < -0.4 is 11.1 Å². The van der Waals surface area contributed by atoms with Crippen molar-refractivity contribution in [3.8, 4) is 0 Å². The SMILES string of the molecule is C=C(O/C=C\C)c1nc(N)c(C(=O)NCc2ncc(C(F)(F)P)cc2C2CC2)nc1C. The molecule has 1 aliphatic carbocycles. The van der Waals surface area contributed by atoms with Gasteiger partial charge in [-0.2, -0.15) is 8.78 Å². The summed E-state index contributed by atoms with van der Waals surface area (Å²) in [5.74, 6) is -0.173. The average Bonchev–Trinajstić information content (AvgIpc) is 3.56. The van der Waals surface area contributed by atoms with Crippen LogP contribution in [0, 0.1) is 6.92 Å². The van der Waals surface area contributed by atoms with Gasteiger partial charge < -0.3 is 15.8 Å². The first-order valence-corrected chi connectivity index (χ1v) is 10.2. The molecular formula is C21H24F2N5O2P. The maximum Gasteiger partial charge on any atom is 0.285 e. The molecule has 1 unspecified atom stereocenters. The van der Waals surface area contributed by atoms with Gasteiger partial charge in [-0.15, -0.1) is 0 Å². The fourth-order valence-corrected chi connectivity index (χ4v) is 3.16. The minimum Gasteiger partial charge on any atom is -0.464 e. The smallest absolute Gasteiger partial charge is 0.285 e. The normalized spacial score (nSPS) is 14.0. The number of hydrogen-bond acceptors (Lipinski definition) is 6. The minimum atomic E-state index is -3.05. The zero-order valence-electron chi connectivity index (χ0n) is 17.3. The fraction of sp³-hybridized carbons (Fsp3) is 0.333. The molecular weight excluding hydrogens is 423 g/mol. The maximum atomic E-state index is 13.6. The second kappa shape index (κ2) is 9.06. The van der Waals surface area contributed by atoms with Crippen LogP contribution in [0.15, 0.2) is 31.2 Å². The number of allylic oxidation sites excluding steroid dienone is 1. The summed E-state index contributed by atoms with van der Waals surface area (Å²) in [6.07, 6.45) is 6.09. The van der Waals surface area contributed by atoms with E-state index in [0.717, 1.165) is 24.6 Å². The number of nitrogens with two attached hydrogens (primary N) is 1. The molecule has 1 fully saturated rings. The second-order valence-electron chi connectivity index (χ2n) is 7.24. The summed E-state index contributed by atoms with van der Waals surface area (Å²) in [6, 6.07) is 1.46. The van der Waals surface area contributed by atoms with Crippen molar-refractivity contribution in [3.63, 3.8) is 0 Å². The number of aromatic nitrogens is 3. The van der Waals surface area contributed by atoms with Crippen molar-refractivity contribution in [2.75, 3.05) is 5.73 Å². The van der Waals surface area contributed by atoms with Crippen molar-refractivity contribution in [2.45, 2.75) is 44.8 Å². The molecule has 2 aromatic heterocycles. The van der Waals surface area contributed by atoms with E-state index in [2.05, 4.69) is 26.8 Å². The topological polar surface area (TPSA) is 103 Å². The van der Waals surface area contributed by atoms with Crippen LogP contribution in [-0.4, -0.2) is 20.9 Å². The summed E-state index contributed by atoms with van der Waals surface area (Å²) < 4.78 is 32.6. The van der Waals surface area contributed by atoms with Crippen molar-refractivity contribution < 1.29 is 18.3 Å². The number of alkyl halides is 2. The number of pyridine rings is 1. The molecule has 31 heavy (non-hydrogen) atoms. The van der Waals surface area contributed by atoms with E-state index in [9.17, 15) is 13.6 Å². The predicted molar refractivity (Wildman–Crippen MR) is 117 cm³/mol. The van der Waals surface area contributed by atoms with Crippen LogP contribution in [0.4, 0.5) is 14.6 Å². The molecule has 1 saturated carbocycles. The van der Waals surface area contributed by atoms with Crippen LogP contribution in [0.2, 0.25) is 0 Å². The number of aryl methyl sites for hydroxylation is 1. The van der Waals surface area contributed by atoms with E-state index in [1.807, 2.05) is 0 Å². The Morgan fingerprint density at radius 1 is 1.42 bits per heavy atom. The Morgan fingerprint density at radius 3 is 2.74 bits per heavy atom. The van der Waals surface area contributed by atoms with Gasteiger partial charge in [-0.25, -0.2) is 9.97 Å². The monoisotopic (exact) mass is 447 g/mol. The van der Waals surface area contributed by atoms with Crippen LogP contribution in [0.1, 0.15) is 64.4 Å². The molecule has 1 atom stereocenters. The number of nitrogens with zero attached hydrogens (tertiary/aromatic N) is 3. The lowest BCUT2D eigenvalue weighted by Crippen LogP contribution is -2.27. The van der Waals surface area contributed by atoms with Gasteiger partial charge in [0, 0.05) is 11.8 Å². The summed E-state index contributed by atoms with van der Waals surface area (Å²) in [5, 5.41) is 2.71. The van der Waals surface area contributed by atoms with Crippen LogP contribution in [0.25, 0.3) is 5.76 Å². The average molecular weight is 447 g/mol. The first-order chi connectivity index (χ1) is 14.6. The molecule has 3 N–H and O–H groups in total. The molecule has 2 heterocycles. The van der Waals surface area contributed by atoms with Gasteiger partial charge in [0.15, 0.2) is 11.5 Å². The molecule has 0 aromatic carbocycles. The Labute approximate surface area is 181 Å². The largest absolute Gasteiger partial charge is 0.464 e. The van der Waals surface area contributed by atoms with Gasteiger partial charge in [-0.3, -0.25) is 9.78 Å². The molecule has 0 saturated heterocycles. The van der Waals surface area contributed by atoms with Crippen molar-refractivity contribution in [1.29, 1.82) is 0 Å². The van der Waals surface area contributed by atoms with Crippen LogP contribution in [-0.2, 0) is 16.9 Å². The quantitative estimate of drug-likeness (QED) is 0.468. The van der Waals surface area contributed by atoms with Crippen LogP contribution >= 0.6 is 9.24 Å². The zero-order chi connectivity index (χ0) is 22.8. The number of anilines is 1. The van der Waals surface area contributed by atoms with Crippen LogP contribution in [0.5, 0.6) is 0 Å². The van der Waals surface area contributed by atoms with E-state index in [4.69, 9.17) is 10.5 Å². The molecule has 3 rings (SSSR count). The number of hydrogen-bond donors (Lipinski definition) is 2. The van der Waals surface area contributed by atoms with Crippen molar-refractivity contribution in [3.05, 3.63) is 65.1 Å². The predicted octanol–water partition coefficient (Wildman–Crippen LogP) is 4.01. The lowest BCUT2D eigenvalue weighted by molar-refractivity contribution is 0.0944. The van der Waals surface area contributed by atoms with E-state index < -0.39 is 11.6 Å². The summed E-state index contributed by atoms with van der Waals surface area (Å²) in [6.45, 7) is 7.29. The third kappa shape index (κ3) is 5.41. The summed E-state index contributed by atoms with van der Waals surface area (Å²) in [4.78, 5) is 25.3. The fourth-order valence-electron chi connectivity index (χ4n) is 3.01. The zero-order valence-corrected chi connectivity index (χ0v) is 18.4. The molecule has 10 heteroatoms. The van der Waals surface area contributed by atoms with E-state index in [1.165, 1.54) is 21.6 Å². The van der Waals surface area contributed by atoms with Gasteiger partial charge in [-0.1, -0.05) is 21.9 Å². The summed E-state index contributed by atoms with van der Waals surface area (Å²) >= 11 is 0. The molecule has 1 aliphatic rings. The molecule has 0 spiro atoms. The van der Waals surface area contributed by atoms with Gasteiger partial charge in [0.1, 0.15) is 11.5 Å².